The van der Waals surface area contributed by atoms with Crippen molar-refractivity contribution >= 4 is 29.2 Å². The number of nitrogens with zero attached hydrogens (tertiary/aromatic N) is 1. The first-order valence-corrected chi connectivity index (χ1v) is 5.08. The summed E-state index contributed by atoms with van der Waals surface area (Å²) in [5.74, 6) is 0.189. The number of hydrogen-bond donors (Lipinski definition) is 0. The van der Waals surface area contributed by atoms with Crippen molar-refractivity contribution in [1.82, 2.24) is 4.98 Å². The van der Waals surface area contributed by atoms with Crippen molar-refractivity contribution in [3.05, 3.63) is 15.0 Å². The Hall–Kier alpha value is -0.410. The molecule has 0 fully saturated rings. The highest BCUT2D eigenvalue weighted by Gasteiger charge is 2.21. The molecular formula is C8H8ClNOS. The molecule has 0 N–H and O–H groups in total. The summed E-state index contributed by atoms with van der Waals surface area (Å²) in [6, 6.07) is 0. The van der Waals surface area contributed by atoms with E-state index in [1.54, 1.807) is 0 Å². The number of carbonyl (C=O) groups excluding carboxylic acids is 1. The minimum Gasteiger partial charge on any atom is -0.303 e. The minimum absolute atomic E-state index is 0.189. The fraction of sp³-hybridized carbons (Fsp3) is 0.500. The van der Waals surface area contributed by atoms with E-state index in [9.17, 15) is 4.79 Å². The largest absolute Gasteiger partial charge is 0.303 e. The van der Waals surface area contributed by atoms with Gasteiger partial charge in [0.05, 0.1) is 5.69 Å². The Morgan fingerprint density at radius 2 is 2.50 bits per heavy atom. The lowest BCUT2D eigenvalue weighted by molar-refractivity contribution is -0.111. The van der Waals surface area contributed by atoms with Gasteiger partial charge in [-0.3, -0.25) is 0 Å². The minimum atomic E-state index is 0.189. The third-order valence-electron chi connectivity index (χ3n) is 2.14. The zero-order valence-electron chi connectivity index (χ0n) is 6.42. The van der Waals surface area contributed by atoms with Crippen LogP contribution in [0.5, 0.6) is 0 Å². The first-order valence-electron chi connectivity index (χ1n) is 3.89. The van der Waals surface area contributed by atoms with Gasteiger partial charge in [0.25, 0.3) is 0 Å². The fourth-order valence-corrected chi connectivity index (χ4v) is 2.79. The summed E-state index contributed by atoms with van der Waals surface area (Å²) in [6.45, 7) is 0. The van der Waals surface area contributed by atoms with Crippen LogP contribution in [-0.4, -0.2) is 11.3 Å². The van der Waals surface area contributed by atoms with Gasteiger partial charge in [-0.25, -0.2) is 4.98 Å². The van der Waals surface area contributed by atoms with Gasteiger partial charge in [-0.1, -0.05) is 11.6 Å². The topological polar surface area (TPSA) is 30.0 Å². The average molecular weight is 202 g/mol. The number of aldehydes is 1. The standard InChI is InChI=1S/C8H8ClNOS/c9-8-10-6-2-1-5(4-11)3-7(6)12-8/h4-5H,1-3H2. The molecule has 0 aliphatic heterocycles. The third kappa shape index (κ3) is 1.39. The molecule has 1 atom stereocenters. The second kappa shape index (κ2) is 3.15. The molecule has 4 heteroatoms. The summed E-state index contributed by atoms with van der Waals surface area (Å²) in [4.78, 5) is 15.9. The summed E-state index contributed by atoms with van der Waals surface area (Å²) >= 11 is 7.27. The van der Waals surface area contributed by atoms with Crippen LogP contribution in [0.4, 0.5) is 0 Å². The van der Waals surface area contributed by atoms with E-state index in [1.165, 1.54) is 16.2 Å². The van der Waals surface area contributed by atoms with Gasteiger partial charge in [0.1, 0.15) is 6.29 Å². The summed E-state index contributed by atoms with van der Waals surface area (Å²) in [7, 11) is 0. The van der Waals surface area contributed by atoms with Crippen molar-refractivity contribution in [2.24, 2.45) is 5.92 Å². The highest BCUT2D eigenvalue weighted by atomic mass is 35.5. The van der Waals surface area contributed by atoms with Crippen molar-refractivity contribution in [3.63, 3.8) is 0 Å². The Balaban J connectivity index is 2.28. The molecule has 0 radical (unpaired) electrons. The molecule has 2 rings (SSSR count). The molecule has 64 valence electrons. The fourth-order valence-electron chi connectivity index (χ4n) is 1.49. The molecule has 0 aromatic carbocycles. The van der Waals surface area contributed by atoms with Gasteiger partial charge >= 0.3 is 0 Å². The lowest BCUT2D eigenvalue weighted by atomic mass is 9.92. The van der Waals surface area contributed by atoms with E-state index in [4.69, 9.17) is 11.6 Å². The van der Waals surface area contributed by atoms with Crippen LogP contribution in [0.1, 0.15) is 17.0 Å². The van der Waals surface area contributed by atoms with Crippen LogP contribution in [0.3, 0.4) is 0 Å². The lowest BCUT2D eigenvalue weighted by Gasteiger charge is -2.14. The number of aryl methyl sites for hydroxylation is 1. The highest BCUT2D eigenvalue weighted by molar-refractivity contribution is 7.15. The second-order valence-electron chi connectivity index (χ2n) is 2.98. The molecule has 2 nitrogen and oxygen atoms in total. The molecule has 0 spiro atoms. The van der Waals surface area contributed by atoms with Crippen LogP contribution in [0.2, 0.25) is 4.47 Å². The summed E-state index contributed by atoms with van der Waals surface area (Å²) < 4.78 is 0.603. The number of halogens is 1. The molecule has 1 aliphatic carbocycles. The molecular weight excluding hydrogens is 194 g/mol. The van der Waals surface area contributed by atoms with Crippen molar-refractivity contribution in [3.8, 4) is 0 Å². The molecule has 1 heterocycles. The Labute approximate surface area is 79.6 Å². The van der Waals surface area contributed by atoms with Crippen LogP contribution in [-0.2, 0) is 17.6 Å². The van der Waals surface area contributed by atoms with E-state index < -0.39 is 0 Å². The number of aromatic nitrogens is 1. The Kier molecular flexibility index (Phi) is 2.15. The van der Waals surface area contributed by atoms with Gasteiger partial charge in [-0.15, -0.1) is 11.3 Å². The summed E-state index contributed by atoms with van der Waals surface area (Å²) in [5.41, 5.74) is 1.10. The van der Waals surface area contributed by atoms with Gasteiger partial charge in [0.2, 0.25) is 0 Å². The van der Waals surface area contributed by atoms with E-state index in [0.29, 0.717) is 4.47 Å². The maximum absolute atomic E-state index is 10.5. The zero-order chi connectivity index (χ0) is 8.55. The normalized spacial score (nSPS) is 21.9. The molecule has 1 unspecified atom stereocenters. The molecule has 1 aliphatic rings. The predicted molar refractivity (Wildman–Crippen MR) is 48.7 cm³/mol. The van der Waals surface area contributed by atoms with Gasteiger partial charge in [0, 0.05) is 10.8 Å². The summed E-state index contributed by atoms with van der Waals surface area (Å²) in [5, 5.41) is 0. The van der Waals surface area contributed by atoms with Crippen LogP contribution in [0.15, 0.2) is 0 Å². The van der Waals surface area contributed by atoms with Crippen molar-refractivity contribution in [1.29, 1.82) is 0 Å². The SMILES string of the molecule is O=CC1CCc2nc(Cl)sc2C1. The average Bonchev–Trinajstić information content (AvgIpc) is 2.43. The lowest BCUT2D eigenvalue weighted by Crippen LogP contribution is -2.13. The van der Waals surface area contributed by atoms with Crippen LogP contribution < -0.4 is 0 Å². The number of hydrogen-bond acceptors (Lipinski definition) is 3. The maximum atomic E-state index is 10.5. The van der Waals surface area contributed by atoms with Crippen molar-refractivity contribution < 1.29 is 4.79 Å². The molecule has 0 amide bonds. The molecule has 0 saturated carbocycles. The number of thiazole rings is 1. The van der Waals surface area contributed by atoms with Crippen molar-refractivity contribution in [2.45, 2.75) is 19.3 Å². The van der Waals surface area contributed by atoms with E-state index in [1.807, 2.05) is 0 Å². The number of rotatable bonds is 1. The van der Waals surface area contributed by atoms with Crippen LogP contribution in [0.25, 0.3) is 0 Å². The van der Waals surface area contributed by atoms with Crippen LogP contribution >= 0.6 is 22.9 Å². The van der Waals surface area contributed by atoms with E-state index >= 15 is 0 Å². The van der Waals surface area contributed by atoms with E-state index in [0.717, 1.165) is 31.2 Å². The third-order valence-corrected chi connectivity index (χ3v) is 3.37. The predicted octanol–water partition coefficient (Wildman–Crippen LogP) is 2.10. The number of carbonyl (C=O) groups is 1. The Morgan fingerprint density at radius 1 is 1.67 bits per heavy atom. The Morgan fingerprint density at radius 3 is 3.25 bits per heavy atom. The monoisotopic (exact) mass is 201 g/mol. The molecule has 0 saturated heterocycles. The maximum Gasteiger partial charge on any atom is 0.184 e. The first kappa shape index (κ1) is 8.20. The Bertz CT molecular complexity index is 310. The molecule has 12 heavy (non-hydrogen) atoms. The van der Waals surface area contributed by atoms with Gasteiger partial charge in [0.15, 0.2) is 4.47 Å². The van der Waals surface area contributed by atoms with Gasteiger partial charge < -0.3 is 4.79 Å². The van der Waals surface area contributed by atoms with Gasteiger partial charge in [-0.05, 0) is 19.3 Å². The molecule has 1 aromatic heterocycles. The zero-order valence-corrected chi connectivity index (χ0v) is 7.99. The number of fused-ring (bicyclic) bond motifs is 1. The van der Waals surface area contributed by atoms with Crippen LogP contribution in [0, 0.1) is 5.92 Å². The molecule has 1 aromatic rings. The van der Waals surface area contributed by atoms with E-state index in [-0.39, 0.29) is 5.92 Å². The summed E-state index contributed by atoms with van der Waals surface area (Å²) in [6.07, 6.45) is 3.71. The van der Waals surface area contributed by atoms with E-state index in [2.05, 4.69) is 4.98 Å². The van der Waals surface area contributed by atoms with Gasteiger partial charge in [-0.2, -0.15) is 0 Å². The molecule has 0 bridgehead atoms. The second-order valence-corrected chi connectivity index (χ2v) is 4.64. The first-order chi connectivity index (χ1) is 5.79. The quantitative estimate of drug-likeness (QED) is 0.652. The van der Waals surface area contributed by atoms with Crippen molar-refractivity contribution in [2.75, 3.05) is 0 Å². The highest BCUT2D eigenvalue weighted by Crippen LogP contribution is 2.31. The smallest absolute Gasteiger partial charge is 0.184 e.